The minimum absolute atomic E-state index is 0. The van der Waals surface area contributed by atoms with Gasteiger partial charge in [0.25, 0.3) is 0 Å². The monoisotopic (exact) mass is 320 g/mol. The molecule has 0 spiro atoms. The summed E-state index contributed by atoms with van der Waals surface area (Å²) < 4.78 is 12.0. The molecule has 0 amide bonds. The fourth-order valence-corrected chi connectivity index (χ4v) is 0.571. The van der Waals surface area contributed by atoms with E-state index in [-0.39, 0.29) is 43.5 Å². The molecule has 1 aromatic carbocycles. The van der Waals surface area contributed by atoms with Crippen LogP contribution >= 0.6 is 11.6 Å². The molecule has 0 unspecified atom stereocenters. The molecule has 0 aromatic heterocycles. The first kappa shape index (κ1) is 13.4. The Morgan fingerprint density at radius 3 is 2.40 bits per heavy atom. The van der Waals surface area contributed by atoms with E-state index in [9.17, 15) is 4.39 Å². The third kappa shape index (κ3) is 4.58. The van der Waals surface area contributed by atoms with Crippen molar-refractivity contribution in [3.05, 3.63) is 35.1 Å². The molecular weight excluding hydrogens is 319 g/mol. The van der Waals surface area contributed by atoms with Gasteiger partial charge in [-0.1, -0.05) is 5.02 Å². The molecule has 0 saturated carbocycles. The standard InChI is InChI=1S/C6H3ClF.HI.Zn/c7-5-2-1-3-6(8)4-5;;/h1-2,4H;1H;/q-1;;+2/p-1. The van der Waals surface area contributed by atoms with Crippen LogP contribution in [0.15, 0.2) is 18.2 Å². The molecule has 0 bridgehead atoms. The van der Waals surface area contributed by atoms with Gasteiger partial charge in [-0.05, 0) is 0 Å². The van der Waals surface area contributed by atoms with Crippen LogP contribution in [0.1, 0.15) is 0 Å². The molecule has 0 atom stereocenters. The second-order valence-corrected chi connectivity index (χ2v) is 1.79. The van der Waals surface area contributed by atoms with Crippen LogP contribution in [0, 0.1) is 11.9 Å². The summed E-state index contributed by atoms with van der Waals surface area (Å²) in [5, 5.41) is 0.404. The second-order valence-electron chi connectivity index (χ2n) is 1.35. The number of rotatable bonds is 0. The maximum absolute atomic E-state index is 12.0. The van der Waals surface area contributed by atoms with Crippen LogP contribution in [0.2, 0.25) is 5.02 Å². The van der Waals surface area contributed by atoms with E-state index < -0.39 is 5.82 Å². The Balaban J connectivity index is 0. The smallest absolute Gasteiger partial charge is 1.00 e. The fourth-order valence-electron chi connectivity index (χ4n) is 0.412. The Hall–Kier alpha value is 0.793. The predicted molar refractivity (Wildman–Crippen MR) is 30.2 cm³/mol. The van der Waals surface area contributed by atoms with Gasteiger partial charge in [0.15, 0.2) is 0 Å². The van der Waals surface area contributed by atoms with E-state index in [0.29, 0.717) is 5.02 Å². The molecule has 0 heterocycles. The Morgan fingerprint density at radius 1 is 1.50 bits per heavy atom. The summed E-state index contributed by atoms with van der Waals surface area (Å²) in [4.78, 5) is 0. The zero-order valence-corrected chi connectivity index (χ0v) is 11.0. The van der Waals surface area contributed by atoms with Gasteiger partial charge in [0, 0.05) is 5.82 Å². The van der Waals surface area contributed by atoms with Crippen LogP contribution in [-0.2, 0) is 19.5 Å². The normalized spacial score (nSPS) is 7.40. The quantitative estimate of drug-likeness (QED) is 0.336. The second kappa shape index (κ2) is 6.50. The van der Waals surface area contributed by atoms with Crippen molar-refractivity contribution < 1.29 is 47.8 Å². The van der Waals surface area contributed by atoms with Gasteiger partial charge in [-0.3, -0.25) is 0 Å². The van der Waals surface area contributed by atoms with Crippen LogP contribution in [0.25, 0.3) is 0 Å². The average Bonchev–Trinajstić information content (AvgIpc) is 1.64. The predicted octanol–water partition coefficient (Wildman–Crippen LogP) is -0.719. The molecule has 0 aliphatic heterocycles. The fraction of sp³-hybridized carbons (Fsp3) is 0. The summed E-state index contributed by atoms with van der Waals surface area (Å²) in [6, 6.07) is 6.55. The van der Waals surface area contributed by atoms with Crippen molar-refractivity contribution in [2.24, 2.45) is 0 Å². The Kier molecular flexibility index (Phi) is 8.70. The van der Waals surface area contributed by atoms with Crippen molar-refractivity contribution in [1.29, 1.82) is 0 Å². The molecule has 50 valence electrons. The van der Waals surface area contributed by atoms with Crippen molar-refractivity contribution in [3.8, 4) is 0 Å². The molecule has 0 nitrogen and oxygen atoms in total. The third-order valence-corrected chi connectivity index (χ3v) is 0.963. The maximum atomic E-state index is 12.0. The molecule has 0 fully saturated rings. The molecule has 0 radical (unpaired) electrons. The molecule has 4 heteroatoms. The average molecular weight is 322 g/mol. The number of halogens is 3. The van der Waals surface area contributed by atoms with Gasteiger partial charge in [-0.15, -0.1) is 23.7 Å². The van der Waals surface area contributed by atoms with Gasteiger partial charge in [-0.25, -0.2) is 4.39 Å². The summed E-state index contributed by atoms with van der Waals surface area (Å²) in [5.41, 5.74) is 0. The van der Waals surface area contributed by atoms with Crippen molar-refractivity contribution in [2.45, 2.75) is 0 Å². The van der Waals surface area contributed by atoms with Crippen molar-refractivity contribution >= 4 is 11.6 Å². The van der Waals surface area contributed by atoms with Gasteiger partial charge in [0.05, 0.1) is 0 Å². The van der Waals surface area contributed by atoms with Gasteiger partial charge in [0.2, 0.25) is 0 Å². The van der Waals surface area contributed by atoms with Crippen molar-refractivity contribution in [1.82, 2.24) is 0 Å². The zero-order valence-electron chi connectivity index (χ0n) is 5.07. The summed E-state index contributed by atoms with van der Waals surface area (Å²) >= 11 is 5.38. The Bertz CT molecular complexity index is 178. The molecule has 0 N–H and O–H groups in total. The minimum Gasteiger partial charge on any atom is -1.00 e. The van der Waals surface area contributed by atoms with E-state index >= 15 is 0 Å². The zero-order chi connectivity index (χ0) is 5.98. The van der Waals surface area contributed by atoms with Gasteiger partial charge in [0.1, 0.15) is 0 Å². The van der Waals surface area contributed by atoms with Gasteiger partial charge in [-0.2, -0.15) is 12.1 Å². The molecule has 0 aliphatic rings. The summed E-state index contributed by atoms with van der Waals surface area (Å²) in [5.74, 6) is -0.419. The van der Waals surface area contributed by atoms with Crippen LogP contribution < -0.4 is 24.0 Å². The van der Waals surface area contributed by atoms with E-state index in [1.165, 1.54) is 12.1 Å². The van der Waals surface area contributed by atoms with Gasteiger partial charge >= 0.3 is 19.5 Å². The van der Waals surface area contributed by atoms with E-state index in [1.807, 2.05) is 0 Å². The van der Waals surface area contributed by atoms with Crippen molar-refractivity contribution in [3.63, 3.8) is 0 Å². The first-order valence-corrected chi connectivity index (χ1v) is 2.49. The Labute approximate surface area is 93.9 Å². The topological polar surface area (TPSA) is 0 Å². The van der Waals surface area contributed by atoms with Crippen LogP contribution in [0.4, 0.5) is 4.39 Å². The SMILES string of the molecule is Fc1[c-]ccc(Cl)c1.[I-].[Zn+2]. The molecule has 1 rings (SSSR count). The molecule has 0 aliphatic carbocycles. The van der Waals surface area contributed by atoms with E-state index in [1.54, 1.807) is 6.07 Å². The van der Waals surface area contributed by atoms with E-state index in [0.717, 1.165) is 0 Å². The molecule has 10 heavy (non-hydrogen) atoms. The van der Waals surface area contributed by atoms with Crippen LogP contribution in [0.5, 0.6) is 0 Å². The van der Waals surface area contributed by atoms with Crippen molar-refractivity contribution in [2.75, 3.05) is 0 Å². The van der Waals surface area contributed by atoms with Crippen LogP contribution in [0.3, 0.4) is 0 Å². The third-order valence-electron chi connectivity index (χ3n) is 0.728. The number of hydrogen-bond acceptors (Lipinski definition) is 0. The molecule has 0 saturated heterocycles. The molecular formula is C6H3ClFIZn. The van der Waals surface area contributed by atoms with Gasteiger partial charge < -0.3 is 24.0 Å². The van der Waals surface area contributed by atoms with E-state index in [4.69, 9.17) is 11.6 Å². The first-order valence-electron chi connectivity index (χ1n) is 2.12. The number of benzene rings is 1. The maximum Gasteiger partial charge on any atom is 2.00 e. The summed E-state index contributed by atoms with van der Waals surface area (Å²) in [6.07, 6.45) is 0. The van der Waals surface area contributed by atoms with Crippen LogP contribution in [-0.4, -0.2) is 0 Å². The summed E-state index contributed by atoms with van der Waals surface area (Å²) in [6.45, 7) is 0. The molecule has 1 aromatic rings. The first-order chi connectivity index (χ1) is 3.79. The largest absolute Gasteiger partial charge is 2.00 e. The summed E-state index contributed by atoms with van der Waals surface area (Å²) in [7, 11) is 0. The number of hydrogen-bond donors (Lipinski definition) is 0. The van der Waals surface area contributed by atoms with E-state index in [2.05, 4.69) is 6.07 Å². The minimum atomic E-state index is -0.419. The Morgan fingerprint density at radius 2 is 2.10 bits per heavy atom.